The maximum absolute atomic E-state index is 12.8. The summed E-state index contributed by atoms with van der Waals surface area (Å²) in [5.41, 5.74) is 0.514. The van der Waals surface area contributed by atoms with Crippen molar-refractivity contribution in [3.8, 4) is 11.5 Å². The fourth-order valence-corrected chi connectivity index (χ4v) is 4.16. The lowest BCUT2D eigenvalue weighted by Gasteiger charge is -2.22. The molecule has 8 nitrogen and oxygen atoms in total. The van der Waals surface area contributed by atoms with E-state index in [4.69, 9.17) is 14.2 Å². The molecule has 156 valence electrons. The fraction of sp³-hybridized carbons (Fsp3) is 0.571. The maximum atomic E-state index is 12.8. The van der Waals surface area contributed by atoms with Gasteiger partial charge < -0.3 is 24.1 Å². The molecule has 3 heterocycles. The van der Waals surface area contributed by atoms with E-state index < -0.39 is 0 Å². The SMILES string of the molecule is COc1ccc(C(=O)NC2CCc3nnc(C4CCOCC4)n3CC2)c(OC)c1. The number of fused-ring (bicyclic) bond motifs is 1. The van der Waals surface area contributed by atoms with Crippen molar-refractivity contribution in [3.05, 3.63) is 35.4 Å². The van der Waals surface area contributed by atoms with Crippen molar-refractivity contribution in [3.63, 3.8) is 0 Å². The van der Waals surface area contributed by atoms with Crippen LogP contribution in [0.15, 0.2) is 18.2 Å². The molecule has 0 aliphatic carbocycles. The lowest BCUT2D eigenvalue weighted by Crippen LogP contribution is -2.35. The van der Waals surface area contributed by atoms with E-state index in [0.29, 0.717) is 23.0 Å². The molecule has 1 saturated heterocycles. The summed E-state index contributed by atoms with van der Waals surface area (Å²) in [5.74, 6) is 3.55. The molecule has 0 spiro atoms. The Hall–Kier alpha value is -2.61. The number of rotatable bonds is 5. The summed E-state index contributed by atoms with van der Waals surface area (Å²) in [5, 5.41) is 12.1. The van der Waals surface area contributed by atoms with E-state index >= 15 is 0 Å². The van der Waals surface area contributed by atoms with Gasteiger partial charge in [0, 0.05) is 44.2 Å². The normalized spacial score (nSPS) is 19.9. The van der Waals surface area contributed by atoms with Gasteiger partial charge in [0.2, 0.25) is 0 Å². The largest absolute Gasteiger partial charge is 0.497 e. The second kappa shape index (κ2) is 8.82. The van der Waals surface area contributed by atoms with Crippen LogP contribution in [-0.2, 0) is 17.7 Å². The lowest BCUT2D eigenvalue weighted by atomic mass is 9.99. The standard InChI is InChI=1S/C21H28N4O4/c1-27-16-4-5-17(18(13-16)28-2)21(26)22-15-3-6-19-23-24-20(25(19)10-7-15)14-8-11-29-12-9-14/h4-5,13-15H,3,6-12H2,1-2H3,(H,22,26). The van der Waals surface area contributed by atoms with Crippen LogP contribution in [0.3, 0.4) is 0 Å². The number of nitrogens with one attached hydrogen (secondary N) is 1. The van der Waals surface area contributed by atoms with Crippen LogP contribution in [0.25, 0.3) is 0 Å². The van der Waals surface area contributed by atoms with E-state index in [1.807, 2.05) is 0 Å². The van der Waals surface area contributed by atoms with Crippen LogP contribution in [0.2, 0.25) is 0 Å². The number of methoxy groups -OCH3 is 2. The highest BCUT2D eigenvalue weighted by Gasteiger charge is 2.27. The molecule has 1 atom stereocenters. The first-order valence-electron chi connectivity index (χ1n) is 10.2. The molecule has 8 heteroatoms. The number of benzene rings is 1. The molecule has 4 rings (SSSR count). The van der Waals surface area contributed by atoms with Crippen LogP contribution in [0, 0.1) is 0 Å². The monoisotopic (exact) mass is 400 g/mol. The van der Waals surface area contributed by atoms with Crippen LogP contribution in [0.1, 0.15) is 53.6 Å². The summed E-state index contributed by atoms with van der Waals surface area (Å²) >= 11 is 0. The minimum Gasteiger partial charge on any atom is -0.497 e. The zero-order valence-electron chi connectivity index (χ0n) is 17.0. The molecule has 2 aromatic rings. The Balaban J connectivity index is 1.43. The molecule has 1 aromatic carbocycles. The number of aromatic nitrogens is 3. The molecule has 0 saturated carbocycles. The third-order valence-corrected chi connectivity index (χ3v) is 5.85. The number of hydrogen-bond acceptors (Lipinski definition) is 6. The topological polar surface area (TPSA) is 87.5 Å². The molecule has 1 N–H and O–H groups in total. The Morgan fingerprint density at radius 3 is 2.72 bits per heavy atom. The van der Waals surface area contributed by atoms with Gasteiger partial charge in [-0.15, -0.1) is 10.2 Å². The second-order valence-corrected chi connectivity index (χ2v) is 7.58. The molecule has 1 amide bonds. The Morgan fingerprint density at radius 2 is 1.97 bits per heavy atom. The van der Waals surface area contributed by atoms with Gasteiger partial charge in [0.05, 0.1) is 19.8 Å². The Kier molecular flexibility index (Phi) is 5.99. The minimum atomic E-state index is -0.128. The maximum Gasteiger partial charge on any atom is 0.255 e. The molecule has 2 aliphatic heterocycles. The Bertz CT molecular complexity index is 860. The van der Waals surface area contributed by atoms with Crippen molar-refractivity contribution >= 4 is 5.91 Å². The van der Waals surface area contributed by atoms with E-state index in [1.54, 1.807) is 32.4 Å². The summed E-state index contributed by atoms with van der Waals surface area (Å²) in [7, 11) is 3.15. The average molecular weight is 400 g/mol. The number of carbonyl (C=O) groups is 1. The Morgan fingerprint density at radius 1 is 1.14 bits per heavy atom. The van der Waals surface area contributed by atoms with Gasteiger partial charge in [0.15, 0.2) is 0 Å². The highest BCUT2D eigenvalue weighted by atomic mass is 16.5. The van der Waals surface area contributed by atoms with Gasteiger partial charge in [-0.05, 0) is 37.8 Å². The van der Waals surface area contributed by atoms with E-state index in [9.17, 15) is 4.79 Å². The van der Waals surface area contributed by atoms with Gasteiger partial charge in [0.1, 0.15) is 23.1 Å². The van der Waals surface area contributed by atoms with Crippen LogP contribution < -0.4 is 14.8 Å². The molecule has 1 aromatic heterocycles. The van der Waals surface area contributed by atoms with Crippen molar-refractivity contribution in [1.82, 2.24) is 20.1 Å². The van der Waals surface area contributed by atoms with Crippen molar-refractivity contribution in [1.29, 1.82) is 0 Å². The minimum absolute atomic E-state index is 0.0820. The average Bonchev–Trinajstić information content (AvgIpc) is 3.08. The summed E-state index contributed by atoms with van der Waals surface area (Å²) in [4.78, 5) is 12.8. The van der Waals surface area contributed by atoms with Crippen molar-refractivity contribution in [2.75, 3.05) is 27.4 Å². The van der Waals surface area contributed by atoms with Gasteiger partial charge in [-0.25, -0.2) is 0 Å². The second-order valence-electron chi connectivity index (χ2n) is 7.58. The number of ether oxygens (including phenoxy) is 3. The summed E-state index contributed by atoms with van der Waals surface area (Å²) in [6, 6.07) is 5.32. The predicted octanol–water partition coefficient (Wildman–Crippen LogP) is 2.32. The molecule has 29 heavy (non-hydrogen) atoms. The van der Waals surface area contributed by atoms with Crippen molar-refractivity contribution in [2.45, 2.75) is 50.6 Å². The first-order valence-corrected chi connectivity index (χ1v) is 10.2. The molecule has 0 bridgehead atoms. The number of amides is 1. The van der Waals surface area contributed by atoms with Gasteiger partial charge in [-0.3, -0.25) is 4.79 Å². The zero-order chi connectivity index (χ0) is 20.2. The predicted molar refractivity (Wildman–Crippen MR) is 107 cm³/mol. The van der Waals surface area contributed by atoms with Crippen LogP contribution >= 0.6 is 0 Å². The molecule has 2 aliphatic rings. The Labute approximate surface area is 170 Å². The van der Waals surface area contributed by atoms with E-state index in [0.717, 1.165) is 63.5 Å². The molecule has 0 radical (unpaired) electrons. The molecule has 1 unspecified atom stereocenters. The third-order valence-electron chi connectivity index (χ3n) is 5.85. The first kappa shape index (κ1) is 19.7. The van der Waals surface area contributed by atoms with E-state index in [-0.39, 0.29) is 11.9 Å². The van der Waals surface area contributed by atoms with Gasteiger partial charge >= 0.3 is 0 Å². The third kappa shape index (κ3) is 4.22. The van der Waals surface area contributed by atoms with Gasteiger partial charge in [0.25, 0.3) is 5.91 Å². The molecular weight excluding hydrogens is 372 g/mol. The summed E-state index contributed by atoms with van der Waals surface area (Å²) in [6.45, 7) is 2.39. The van der Waals surface area contributed by atoms with E-state index in [1.165, 1.54) is 0 Å². The zero-order valence-corrected chi connectivity index (χ0v) is 17.0. The van der Waals surface area contributed by atoms with Crippen LogP contribution in [-0.4, -0.2) is 54.1 Å². The van der Waals surface area contributed by atoms with E-state index in [2.05, 4.69) is 20.1 Å². The quantitative estimate of drug-likeness (QED) is 0.829. The lowest BCUT2D eigenvalue weighted by molar-refractivity contribution is 0.0826. The highest BCUT2D eigenvalue weighted by molar-refractivity contribution is 5.97. The summed E-state index contributed by atoms with van der Waals surface area (Å²) in [6.07, 6.45) is 4.49. The summed E-state index contributed by atoms with van der Waals surface area (Å²) < 4.78 is 18.3. The fourth-order valence-electron chi connectivity index (χ4n) is 4.16. The smallest absolute Gasteiger partial charge is 0.255 e. The van der Waals surface area contributed by atoms with Crippen molar-refractivity contribution < 1.29 is 19.0 Å². The highest BCUT2D eigenvalue weighted by Crippen LogP contribution is 2.28. The van der Waals surface area contributed by atoms with Crippen LogP contribution in [0.5, 0.6) is 11.5 Å². The molecule has 1 fully saturated rings. The van der Waals surface area contributed by atoms with Crippen LogP contribution in [0.4, 0.5) is 0 Å². The van der Waals surface area contributed by atoms with Gasteiger partial charge in [-0.2, -0.15) is 0 Å². The number of carbonyl (C=O) groups excluding carboxylic acids is 1. The first-order chi connectivity index (χ1) is 14.2. The van der Waals surface area contributed by atoms with Crippen molar-refractivity contribution in [2.24, 2.45) is 0 Å². The number of nitrogens with zero attached hydrogens (tertiary/aromatic N) is 3. The van der Waals surface area contributed by atoms with Gasteiger partial charge in [-0.1, -0.05) is 0 Å². The number of aryl methyl sites for hydroxylation is 1. The number of hydrogen-bond donors (Lipinski definition) is 1. The molecular formula is C21H28N4O4.